The molecule has 0 bridgehead atoms. The zero-order valence-corrected chi connectivity index (χ0v) is 11.9. The molecule has 108 valence electrons. The maximum atomic E-state index is 5.68. The first-order valence-electron chi connectivity index (χ1n) is 7.06. The summed E-state index contributed by atoms with van der Waals surface area (Å²) >= 11 is 0. The predicted octanol–water partition coefficient (Wildman–Crippen LogP) is 1.57. The van der Waals surface area contributed by atoms with Crippen molar-refractivity contribution in [1.29, 1.82) is 0 Å². The molecule has 0 aromatic carbocycles. The van der Waals surface area contributed by atoms with E-state index in [9.17, 15) is 0 Å². The zero-order valence-electron chi connectivity index (χ0n) is 11.9. The lowest BCUT2D eigenvalue weighted by molar-refractivity contribution is 0.198. The number of anilines is 1. The van der Waals surface area contributed by atoms with E-state index in [2.05, 4.69) is 20.4 Å². The van der Waals surface area contributed by atoms with E-state index in [0.29, 0.717) is 31.1 Å². The molecule has 2 rings (SSSR count). The summed E-state index contributed by atoms with van der Waals surface area (Å²) in [5.74, 6) is 0.633. The van der Waals surface area contributed by atoms with Crippen LogP contribution in [0, 0.1) is 0 Å². The van der Waals surface area contributed by atoms with Crippen molar-refractivity contribution in [1.82, 2.24) is 15.5 Å². The minimum atomic E-state index is 0.545. The third-order valence-corrected chi connectivity index (χ3v) is 3.64. The van der Waals surface area contributed by atoms with Crippen LogP contribution in [0.25, 0.3) is 0 Å². The Hall–Kier alpha value is -1.14. The van der Waals surface area contributed by atoms with Crippen LogP contribution in [0.1, 0.15) is 38.0 Å². The van der Waals surface area contributed by atoms with Crippen LogP contribution in [-0.4, -0.2) is 43.5 Å². The Kier molecular flexibility index (Phi) is 5.60. The summed E-state index contributed by atoms with van der Waals surface area (Å²) in [6.45, 7) is 2.06. The average Bonchev–Trinajstić information content (AvgIpc) is 2.92. The van der Waals surface area contributed by atoms with Gasteiger partial charge < -0.3 is 19.4 Å². The molecule has 1 N–H and O–H groups in total. The number of aromatic nitrogens is 2. The first kappa shape index (κ1) is 14.3. The number of rotatable bonds is 7. The van der Waals surface area contributed by atoms with Gasteiger partial charge in [0.2, 0.25) is 5.89 Å². The molecule has 6 heteroatoms. The monoisotopic (exact) mass is 268 g/mol. The van der Waals surface area contributed by atoms with E-state index in [-0.39, 0.29) is 0 Å². The van der Waals surface area contributed by atoms with Gasteiger partial charge in [-0.1, -0.05) is 24.4 Å². The molecule has 0 spiro atoms. The van der Waals surface area contributed by atoms with Crippen LogP contribution in [0.4, 0.5) is 6.01 Å². The second-order valence-corrected chi connectivity index (χ2v) is 5.05. The number of nitrogens with one attached hydrogen (secondary N) is 1. The summed E-state index contributed by atoms with van der Waals surface area (Å²) in [6.07, 6.45) is 6.40. The Bertz CT molecular complexity index is 363. The third kappa shape index (κ3) is 4.18. The Balaban J connectivity index is 1.81. The average molecular weight is 268 g/mol. The van der Waals surface area contributed by atoms with E-state index in [0.717, 1.165) is 6.54 Å². The fourth-order valence-corrected chi connectivity index (χ4v) is 2.45. The third-order valence-electron chi connectivity index (χ3n) is 3.64. The molecule has 0 atom stereocenters. The van der Waals surface area contributed by atoms with Crippen LogP contribution in [0.2, 0.25) is 0 Å². The summed E-state index contributed by atoms with van der Waals surface area (Å²) in [5.41, 5.74) is 0. The number of hydrogen-bond acceptors (Lipinski definition) is 6. The van der Waals surface area contributed by atoms with Crippen molar-refractivity contribution in [2.75, 3.05) is 32.2 Å². The minimum absolute atomic E-state index is 0.545. The van der Waals surface area contributed by atoms with E-state index in [1.807, 2.05) is 7.05 Å². The summed E-state index contributed by atoms with van der Waals surface area (Å²) in [6, 6.07) is 1.18. The van der Waals surface area contributed by atoms with Crippen LogP contribution >= 0.6 is 0 Å². The molecule has 19 heavy (non-hydrogen) atoms. The van der Waals surface area contributed by atoms with Crippen LogP contribution in [-0.2, 0) is 11.3 Å². The van der Waals surface area contributed by atoms with Gasteiger partial charge in [-0.25, -0.2) is 0 Å². The zero-order chi connectivity index (χ0) is 13.5. The molecule has 1 aliphatic rings. The van der Waals surface area contributed by atoms with Gasteiger partial charge in [0.15, 0.2) is 0 Å². The van der Waals surface area contributed by atoms with Gasteiger partial charge in [0, 0.05) is 26.7 Å². The highest BCUT2D eigenvalue weighted by atomic mass is 16.5. The Morgan fingerprint density at radius 1 is 1.32 bits per heavy atom. The second-order valence-electron chi connectivity index (χ2n) is 5.05. The highest BCUT2D eigenvalue weighted by molar-refractivity contribution is 5.24. The number of ether oxygens (including phenoxy) is 1. The lowest BCUT2D eigenvalue weighted by atomic mass is 9.95. The van der Waals surface area contributed by atoms with Crippen LogP contribution in [0.3, 0.4) is 0 Å². The van der Waals surface area contributed by atoms with E-state index in [1.54, 1.807) is 7.11 Å². The molecule has 0 aliphatic heterocycles. The largest absolute Gasteiger partial charge is 0.407 e. The first-order valence-corrected chi connectivity index (χ1v) is 7.06. The topological polar surface area (TPSA) is 63.4 Å². The van der Waals surface area contributed by atoms with Crippen molar-refractivity contribution in [3.63, 3.8) is 0 Å². The van der Waals surface area contributed by atoms with Gasteiger partial charge >= 0.3 is 6.01 Å². The highest BCUT2D eigenvalue weighted by Crippen LogP contribution is 2.25. The molecule has 0 unspecified atom stereocenters. The molecule has 1 saturated carbocycles. The normalized spacial score (nSPS) is 16.7. The van der Waals surface area contributed by atoms with Crippen LogP contribution < -0.4 is 10.2 Å². The molecule has 1 heterocycles. The summed E-state index contributed by atoms with van der Waals surface area (Å²) in [7, 11) is 3.73. The van der Waals surface area contributed by atoms with E-state index in [4.69, 9.17) is 9.15 Å². The molecule has 1 aromatic heterocycles. The molecule has 1 fully saturated rings. The lowest BCUT2D eigenvalue weighted by Crippen LogP contribution is -2.33. The maximum Gasteiger partial charge on any atom is 0.318 e. The van der Waals surface area contributed by atoms with Crippen molar-refractivity contribution >= 4 is 6.01 Å². The molecule has 0 saturated heterocycles. The molecule has 1 aliphatic carbocycles. The van der Waals surface area contributed by atoms with Crippen molar-refractivity contribution in [3.05, 3.63) is 5.89 Å². The maximum absolute atomic E-state index is 5.68. The van der Waals surface area contributed by atoms with Gasteiger partial charge in [-0.3, -0.25) is 0 Å². The lowest BCUT2D eigenvalue weighted by Gasteiger charge is -2.29. The molecular weight excluding hydrogens is 244 g/mol. The fraction of sp³-hybridized carbons (Fsp3) is 0.846. The smallest absolute Gasteiger partial charge is 0.318 e. The van der Waals surface area contributed by atoms with Crippen molar-refractivity contribution in [2.45, 2.75) is 44.7 Å². The standard InChI is InChI=1S/C13H24N4O2/c1-17(11-6-4-3-5-7-11)13-16-15-12(19-13)10-14-8-9-18-2/h11,14H,3-10H2,1-2H3. The van der Waals surface area contributed by atoms with Gasteiger partial charge in [-0.15, -0.1) is 5.10 Å². The summed E-state index contributed by atoms with van der Waals surface area (Å²) < 4.78 is 10.6. The SMILES string of the molecule is COCCNCc1nnc(N(C)C2CCCCC2)o1. The van der Waals surface area contributed by atoms with Gasteiger partial charge in [0.05, 0.1) is 13.2 Å². The molecule has 1 aromatic rings. The van der Waals surface area contributed by atoms with Crippen molar-refractivity contribution < 1.29 is 9.15 Å². The fourth-order valence-electron chi connectivity index (χ4n) is 2.45. The van der Waals surface area contributed by atoms with E-state index < -0.39 is 0 Å². The molecule has 0 radical (unpaired) electrons. The second kappa shape index (κ2) is 7.45. The van der Waals surface area contributed by atoms with E-state index >= 15 is 0 Å². The minimum Gasteiger partial charge on any atom is -0.407 e. The molecule has 6 nitrogen and oxygen atoms in total. The van der Waals surface area contributed by atoms with Crippen LogP contribution in [0.15, 0.2) is 4.42 Å². The van der Waals surface area contributed by atoms with Gasteiger partial charge in [0.1, 0.15) is 0 Å². The van der Waals surface area contributed by atoms with Crippen LogP contribution in [0.5, 0.6) is 0 Å². The number of hydrogen-bond donors (Lipinski definition) is 1. The van der Waals surface area contributed by atoms with Crippen molar-refractivity contribution in [2.24, 2.45) is 0 Å². The number of methoxy groups -OCH3 is 1. The predicted molar refractivity (Wildman–Crippen MR) is 73.2 cm³/mol. The quantitative estimate of drug-likeness (QED) is 0.757. The Morgan fingerprint density at radius 3 is 2.84 bits per heavy atom. The van der Waals surface area contributed by atoms with Crippen molar-refractivity contribution in [3.8, 4) is 0 Å². The Labute approximate surface area is 114 Å². The van der Waals surface area contributed by atoms with Gasteiger partial charge in [0.25, 0.3) is 0 Å². The van der Waals surface area contributed by atoms with E-state index in [1.165, 1.54) is 32.1 Å². The molecular formula is C13H24N4O2. The number of nitrogens with zero attached hydrogens (tertiary/aromatic N) is 3. The van der Waals surface area contributed by atoms with Gasteiger partial charge in [-0.2, -0.15) is 0 Å². The summed E-state index contributed by atoms with van der Waals surface area (Å²) in [5, 5.41) is 11.4. The molecule has 0 amide bonds. The first-order chi connectivity index (χ1) is 9.31. The highest BCUT2D eigenvalue weighted by Gasteiger charge is 2.22. The van der Waals surface area contributed by atoms with Gasteiger partial charge in [-0.05, 0) is 12.8 Å². The Morgan fingerprint density at radius 2 is 2.11 bits per heavy atom. The summed E-state index contributed by atoms with van der Waals surface area (Å²) in [4.78, 5) is 2.13.